The summed E-state index contributed by atoms with van der Waals surface area (Å²) < 4.78 is 5.85. The lowest BCUT2D eigenvalue weighted by Gasteiger charge is -2.20. The van der Waals surface area contributed by atoms with Crippen LogP contribution in [0.1, 0.15) is 28.3 Å². The van der Waals surface area contributed by atoms with E-state index in [0.29, 0.717) is 42.6 Å². The Kier molecular flexibility index (Phi) is 4.28. The summed E-state index contributed by atoms with van der Waals surface area (Å²) in [5.74, 6) is -0.0228. The molecule has 1 amide bonds. The Morgan fingerprint density at radius 2 is 1.81 bits per heavy atom. The predicted molar refractivity (Wildman–Crippen MR) is 98.2 cm³/mol. The molecule has 0 aliphatic carbocycles. The van der Waals surface area contributed by atoms with Crippen LogP contribution in [0.2, 0.25) is 0 Å². The third-order valence-corrected chi connectivity index (χ3v) is 4.54. The van der Waals surface area contributed by atoms with Gasteiger partial charge in [0.25, 0.3) is 11.9 Å². The second-order valence-electron chi connectivity index (χ2n) is 6.57. The molecule has 3 aromatic rings. The summed E-state index contributed by atoms with van der Waals surface area (Å²) in [6, 6.07) is 9.91. The van der Waals surface area contributed by atoms with Crippen LogP contribution in [0.25, 0.3) is 11.2 Å². The molecule has 0 radical (unpaired) electrons. The molecule has 0 bridgehead atoms. The number of anilines is 1. The zero-order chi connectivity index (χ0) is 18.1. The Bertz CT molecular complexity index is 952. The lowest BCUT2D eigenvalue weighted by Crippen LogP contribution is -2.35. The van der Waals surface area contributed by atoms with Crippen LogP contribution in [-0.4, -0.2) is 51.9 Å². The number of aryl methyl sites for hydroxylation is 2. The second kappa shape index (κ2) is 6.74. The summed E-state index contributed by atoms with van der Waals surface area (Å²) in [5, 5.41) is 0. The zero-order valence-electron chi connectivity index (χ0n) is 15.0. The van der Waals surface area contributed by atoms with Gasteiger partial charge in [-0.05, 0) is 44.5 Å². The summed E-state index contributed by atoms with van der Waals surface area (Å²) in [4.78, 5) is 29.9. The van der Waals surface area contributed by atoms with Crippen molar-refractivity contribution in [1.82, 2.24) is 19.9 Å². The largest absolute Gasteiger partial charge is 0.422 e. The van der Waals surface area contributed by atoms with Gasteiger partial charge < -0.3 is 14.2 Å². The van der Waals surface area contributed by atoms with Crippen molar-refractivity contribution in [1.29, 1.82) is 0 Å². The first-order valence-electron chi connectivity index (χ1n) is 8.82. The molecule has 7 nitrogen and oxygen atoms in total. The number of hydrogen-bond acceptors (Lipinski definition) is 6. The molecule has 0 unspecified atom stereocenters. The molecule has 3 aromatic heterocycles. The van der Waals surface area contributed by atoms with Gasteiger partial charge in [-0.1, -0.05) is 6.07 Å². The number of amides is 1. The molecule has 134 valence electrons. The number of carbonyl (C=O) groups excluding carboxylic acids is 1. The van der Waals surface area contributed by atoms with Crippen LogP contribution in [0.15, 0.2) is 34.7 Å². The number of rotatable bonds is 2. The lowest BCUT2D eigenvalue weighted by atomic mass is 10.2. The van der Waals surface area contributed by atoms with Gasteiger partial charge >= 0.3 is 0 Å². The Morgan fingerprint density at radius 1 is 0.962 bits per heavy atom. The minimum Gasteiger partial charge on any atom is -0.422 e. The van der Waals surface area contributed by atoms with Gasteiger partial charge in [-0.15, -0.1) is 0 Å². The number of aromatic nitrogens is 3. The lowest BCUT2D eigenvalue weighted by molar-refractivity contribution is 0.0761. The fourth-order valence-electron chi connectivity index (χ4n) is 3.17. The van der Waals surface area contributed by atoms with E-state index in [1.807, 2.05) is 43.0 Å². The molecule has 0 N–H and O–H groups in total. The molecule has 7 heteroatoms. The summed E-state index contributed by atoms with van der Waals surface area (Å²) in [6.07, 6.45) is 0.850. The Labute approximate surface area is 151 Å². The molecule has 0 aromatic carbocycles. The monoisotopic (exact) mass is 351 g/mol. The van der Waals surface area contributed by atoms with Crippen LogP contribution in [0.3, 0.4) is 0 Å². The standard InChI is InChI=1S/C19H21N5O2/c1-13-5-3-6-15(20-13)18(25)23-9-4-10-24(12-11-23)19-22-17-16(26-19)8-7-14(2)21-17/h3,5-8H,4,9-12H2,1-2H3. The van der Waals surface area contributed by atoms with E-state index >= 15 is 0 Å². The van der Waals surface area contributed by atoms with Crippen LogP contribution in [0.4, 0.5) is 6.01 Å². The molecule has 26 heavy (non-hydrogen) atoms. The number of oxazole rings is 1. The Morgan fingerprint density at radius 3 is 2.65 bits per heavy atom. The minimum atomic E-state index is -0.0228. The fraction of sp³-hybridized carbons (Fsp3) is 0.368. The first-order valence-corrected chi connectivity index (χ1v) is 8.82. The number of hydrogen-bond donors (Lipinski definition) is 0. The number of nitrogens with zero attached hydrogens (tertiary/aromatic N) is 5. The number of pyridine rings is 2. The van der Waals surface area contributed by atoms with Crippen molar-refractivity contribution in [2.45, 2.75) is 20.3 Å². The first-order chi connectivity index (χ1) is 12.6. The Balaban J connectivity index is 1.49. The van der Waals surface area contributed by atoms with E-state index in [0.717, 1.165) is 24.4 Å². The summed E-state index contributed by atoms with van der Waals surface area (Å²) in [5.41, 5.74) is 3.57. The third-order valence-electron chi connectivity index (χ3n) is 4.54. The summed E-state index contributed by atoms with van der Waals surface area (Å²) in [7, 11) is 0. The van der Waals surface area contributed by atoms with Crippen molar-refractivity contribution >= 4 is 23.2 Å². The predicted octanol–water partition coefficient (Wildman–Crippen LogP) is 2.59. The van der Waals surface area contributed by atoms with Crippen molar-refractivity contribution in [2.24, 2.45) is 0 Å². The number of carbonyl (C=O) groups is 1. The maximum absolute atomic E-state index is 12.7. The molecular weight excluding hydrogens is 330 g/mol. The van der Waals surface area contributed by atoms with E-state index < -0.39 is 0 Å². The molecular formula is C19H21N5O2. The van der Waals surface area contributed by atoms with Crippen molar-refractivity contribution in [3.63, 3.8) is 0 Å². The van der Waals surface area contributed by atoms with Crippen LogP contribution < -0.4 is 4.90 Å². The van der Waals surface area contributed by atoms with Gasteiger partial charge in [0.1, 0.15) is 5.69 Å². The van der Waals surface area contributed by atoms with Crippen LogP contribution >= 0.6 is 0 Å². The smallest absolute Gasteiger partial charge is 0.300 e. The molecule has 4 rings (SSSR count). The second-order valence-corrected chi connectivity index (χ2v) is 6.57. The fourth-order valence-corrected chi connectivity index (χ4v) is 3.17. The van der Waals surface area contributed by atoms with Crippen molar-refractivity contribution < 1.29 is 9.21 Å². The topological polar surface area (TPSA) is 75.4 Å². The van der Waals surface area contributed by atoms with Crippen LogP contribution in [-0.2, 0) is 0 Å². The maximum Gasteiger partial charge on any atom is 0.300 e. The first kappa shape index (κ1) is 16.5. The highest BCUT2D eigenvalue weighted by atomic mass is 16.4. The average Bonchev–Trinajstić information content (AvgIpc) is 2.89. The van der Waals surface area contributed by atoms with Gasteiger partial charge in [-0.3, -0.25) is 4.79 Å². The van der Waals surface area contributed by atoms with Gasteiger partial charge in [0.15, 0.2) is 5.58 Å². The molecule has 0 spiro atoms. The van der Waals surface area contributed by atoms with Crippen LogP contribution in [0, 0.1) is 13.8 Å². The van der Waals surface area contributed by atoms with Gasteiger partial charge in [0.2, 0.25) is 5.65 Å². The van der Waals surface area contributed by atoms with E-state index in [1.54, 1.807) is 6.07 Å². The summed E-state index contributed by atoms with van der Waals surface area (Å²) in [6.45, 7) is 6.59. The van der Waals surface area contributed by atoms with Gasteiger partial charge in [0.05, 0.1) is 0 Å². The maximum atomic E-state index is 12.7. The molecule has 0 saturated carbocycles. The highest BCUT2D eigenvalue weighted by Gasteiger charge is 2.23. The zero-order valence-corrected chi connectivity index (χ0v) is 15.0. The molecule has 1 aliphatic heterocycles. The van der Waals surface area contributed by atoms with E-state index in [9.17, 15) is 4.79 Å². The van der Waals surface area contributed by atoms with Gasteiger partial charge in [-0.2, -0.15) is 4.98 Å². The minimum absolute atomic E-state index is 0.0228. The quantitative estimate of drug-likeness (QED) is 0.706. The average molecular weight is 351 g/mol. The van der Waals surface area contributed by atoms with Gasteiger partial charge in [-0.25, -0.2) is 9.97 Å². The molecule has 1 aliphatic rings. The van der Waals surface area contributed by atoms with E-state index in [1.165, 1.54) is 0 Å². The molecule has 4 heterocycles. The van der Waals surface area contributed by atoms with Crippen LogP contribution in [0.5, 0.6) is 0 Å². The highest BCUT2D eigenvalue weighted by Crippen LogP contribution is 2.22. The SMILES string of the molecule is Cc1cccc(C(=O)N2CCCN(c3nc4nc(C)ccc4o3)CC2)n1. The normalized spacial score (nSPS) is 15.3. The van der Waals surface area contributed by atoms with E-state index in [4.69, 9.17) is 4.42 Å². The van der Waals surface area contributed by atoms with Crippen molar-refractivity contribution in [3.8, 4) is 0 Å². The summed E-state index contributed by atoms with van der Waals surface area (Å²) >= 11 is 0. The third kappa shape index (κ3) is 3.24. The van der Waals surface area contributed by atoms with E-state index in [-0.39, 0.29) is 5.91 Å². The Hall–Kier alpha value is -2.96. The number of fused-ring (bicyclic) bond motifs is 1. The van der Waals surface area contributed by atoms with Crippen molar-refractivity contribution in [2.75, 3.05) is 31.1 Å². The molecule has 0 atom stereocenters. The van der Waals surface area contributed by atoms with Gasteiger partial charge in [0, 0.05) is 37.6 Å². The van der Waals surface area contributed by atoms with E-state index in [2.05, 4.69) is 19.9 Å². The molecule has 1 fully saturated rings. The van der Waals surface area contributed by atoms with Crippen molar-refractivity contribution in [3.05, 3.63) is 47.4 Å². The molecule has 1 saturated heterocycles. The highest BCUT2D eigenvalue weighted by molar-refractivity contribution is 5.92.